The number of carbonyl (C=O) groups excluding carboxylic acids is 3. The quantitative estimate of drug-likeness (QED) is 0.848. The molecule has 28 heavy (non-hydrogen) atoms. The second kappa shape index (κ2) is 6.88. The van der Waals surface area contributed by atoms with Gasteiger partial charge in [-0.05, 0) is 44.0 Å². The number of hydrogen-bond donors (Lipinski definition) is 1. The van der Waals surface area contributed by atoms with Crippen LogP contribution in [-0.4, -0.2) is 66.6 Å². The molecule has 3 amide bonds. The number of rotatable bonds is 3. The number of fused-ring (bicyclic) bond motifs is 7. The monoisotopic (exact) mass is 389 g/mol. The zero-order chi connectivity index (χ0) is 20.0. The lowest BCUT2D eigenvalue weighted by Crippen LogP contribution is -2.64. The van der Waals surface area contributed by atoms with E-state index in [1.807, 2.05) is 6.07 Å². The van der Waals surface area contributed by atoms with Gasteiger partial charge >= 0.3 is 12.2 Å². The van der Waals surface area contributed by atoms with E-state index in [9.17, 15) is 14.4 Å². The Morgan fingerprint density at radius 3 is 2.36 bits per heavy atom. The summed E-state index contributed by atoms with van der Waals surface area (Å²) in [6, 6.07) is 4.27. The molecule has 2 fully saturated rings. The van der Waals surface area contributed by atoms with Crippen molar-refractivity contribution >= 4 is 18.1 Å². The maximum Gasteiger partial charge on any atom is 0.429 e. The van der Waals surface area contributed by atoms with E-state index in [4.69, 9.17) is 14.2 Å². The van der Waals surface area contributed by atoms with Crippen LogP contribution in [0.4, 0.5) is 9.59 Å². The Bertz CT molecular complexity index is 828. The van der Waals surface area contributed by atoms with Gasteiger partial charge in [-0.2, -0.15) is 0 Å². The fourth-order valence-electron chi connectivity index (χ4n) is 4.63. The molecule has 2 heterocycles. The minimum Gasteiger partial charge on any atom is -0.497 e. The predicted octanol–water partition coefficient (Wildman–Crippen LogP) is 1.88. The summed E-state index contributed by atoms with van der Waals surface area (Å²) < 4.78 is 15.7. The lowest BCUT2D eigenvalue weighted by molar-refractivity contribution is -0.0526. The molecular weight excluding hydrogens is 366 g/mol. The van der Waals surface area contributed by atoms with E-state index in [1.165, 1.54) is 10.0 Å². The number of nitrogens with zero attached hydrogens (tertiary/aromatic N) is 2. The van der Waals surface area contributed by atoms with Crippen molar-refractivity contribution in [1.29, 1.82) is 0 Å². The van der Waals surface area contributed by atoms with Crippen LogP contribution >= 0.6 is 0 Å². The molecule has 2 bridgehead atoms. The van der Waals surface area contributed by atoms with E-state index in [2.05, 4.69) is 5.32 Å². The number of ether oxygens (including phenoxy) is 3. The van der Waals surface area contributed by atoms with E-state index in [1.54, 1.807) is 33.1 Å². The van der Waals surface area contributed by atoms with Gasteiger partial charge in [0.2, 0.25) is 0 Å². The third-order valence-electron chi connectivity index (χ3n) is 5.63. The van der Waals surface area contributed by atoms with Crippen LogP contribution in [0.2, 0.25) is 0 Å². The van der Waals surface area contributed by atoms with E-state index in [0.717, 1.165) is 5.56 Å². The van der Waals surface area contributed by atoms with Crippen LogP contribution < -0.4 is 10.1 Å². The number of nitrogens with one attached hydrogen (secondary N) is 1. The Kier molecular flexibility index (Phi) is 4.52. The number of amides is 3. The van der Waals surface area contributed by atoms with Crippen LogP contribution in [0.15, 0.2) is 18.2 Å². The van der Waals surface area contributed by atoms with Gasteiger partial charge in [0, 0.05) is 11.5 Å². The van der Waals surface area contributed by atoms with Crippen molar-refractivity contribution < 1.29 is 28.6 Å². The Morgan fingerprint density at radius 2 is 1.75 bits per heavy atom. The summed E-state index contributed by atoms with van der Waals surface area (Å²) in [6.07, 6.45) is -0.681. The zero-order valence-electron chi connectivity index (χ0n) is 16.0. The van der Waals surface area contributed by atoms with Crippen molar-refractivity contribution in [1.82, 2.24) is 15.3 Å². The summed E-state index contributed by atoms with van der Waals surface area (Å²) in [5.74, 6) is 0.278. The summed E-state index contributed by atoms with van der Waals surface area (Å²) in [6.45, 7) is 3.79. The lowest BCUT2D eigenvalue weighted by atomic mass is 9.82. The Hall–Kier alpha value is -2.97. The number of hydrazine groups is 1. The van der Waals surface area contributed by atoms with Gasteiger partial charge in [-0.15, -0.1) is 0 Å². The van der Waals surface area contributed by atoms with E-state index in [-0.39, 0.29) is 43.2 Å². The second-order valence-corrected chi connectivity index (χ2v) is 6.94. The standard InChI is InChI=1S/C19H23N3O6/c1-4-27-18(24)21-13-9-14(22(21)19(25)28-5-2)16-15(13)12-8-10(26-3)6-7-11(12)17(23)20-16/h6-8,13-16H,4-5,9H2,1-3H3,(H,20,23)/t13-,14+,15+,16-/m0/s1. The minimum atomic E-state index is -0.618. The zero-order valence-corrected chi connectivity index (χ0v) is 16.0. The molecule has 150 valence electrons. The van der Waals surface area contributed by atoms with Gasteiger partial charge in [0.15, 0.2) is 0 Å². The topological polar surface area (TPSA) is 97.4 Å². The number of carbonyl (C=O) groups is 3. The molecule has 1 N–H and O–H groups in total. The van der Waals surface area contributed by atoms with Crippen molar-refractivity contribution in [2.45, 2.75) is 44.3 Å². The van der Waals surface area contributed by atoms with Crippen LogP contribution in [-0.2, 0) is 9.47 Å². The highest BCUT2D eigenvalue weighted by molar-refractivity contribution is 5.98. The first-order chi connectivity index (χ1) is 13.5. The Labute approximate surface area is 162 Å². The smallest absolute Gasteiger partial charge is 0.429 e. The number of benzene rings is 1. The predicted molar refractivity (Wildman–Crippen MR) is 96.9 cm³/mol. The van der Waals surface area contributed by atoms with Gasteiger partial charge in [-0.1, -0.05) is 0 Å². The van der Waals surface area contributed by atoms with Gasteiger partial charge in [-0.25, -0.2) is 19.6 Å². The third-order valence-corrected chi connectivity index (χ3v) is 5.63. The molecule has 0 unspecified atom stereocenters. The average molecular weight is 389 g/mol. The average Bonchev–Trinajstić information content (AvgIpc) is 3.24. The molecule has 3 aliphatic rings. The SMILES string of the molecule is CCOC(=O)N1[C@@H]2C[C@@H]([C@H]3c4cc(OC)ccc4C(=O)N[C@H]32)N1C(=O)OCC. The van der Waals surface area contributed by atoms with Crippen LogP contribution in [0.3, 0.4) is 0 Å². The molecule has 9 nitrogen and oxygen atoms in total. The molecule has 0 radical (unpaired) electrons. The lowest BCUT2D eigenvalue weighted by Gasteiger charge is -2.46. The fourth-order valence-corrected chi connectivity index (χ4v) is 4.63. The summed E-state index contributed by atoms with van der Waals surface area (Å²) in [4.78, 5) is 37.9. The van der Waals surface area contributed by atoms with Gasteiger partial charge in [-0.3, -0.25) is 4.79 Å². The second-order valence-electron chi connectivity index (χ2n) is 6.94. The van der Waals surface area contributed by atoms with Crippen LogP contribution in [0, 0.1) is 0 Å². The molecular formula is C19H23N3O6. The van der Waals surface area contributed by atoms with Crippen molar-refractivity contribution in [3.05, 3.63) is 29.3 Å². The molecule has 4 rings (SSSR count). The third kappa shape index (κ3) is 2.56. The molecule has 1 aromatic carbocycles. The Morgan fingerprint density at radius 1 is 1.11 bits per heavy atom. The van der Waals surface area contributed by atoms with Crippen molar-refractivity contribution in [2.24, 2.45) is 0 Å². The van der Waals surface area contributed by atoms with Crippen LogP contribution in [0.25, 0.3) is 0 Å². The van der Waals surface area contributed by atoms with Crippen molar-refractivity contribution in [3.63, 3.8) is 0 Å². The number of hydrogen-bond acceptors (Lipinski definition) is 6. The summed E-state index contributed by atoms with van der Waals surface area (Å²) in [7, 11) is 1.57. The van der Waals surface area contributed by atoms with Gasteiger partial charge in [0.1, 0.15) is 5.75 Å². The highest BCUT2D eigenvalue weighted by Gasteiger charge is 2.63. The van der Waals surface area contributed by atoms with E-state index < -0.39 is 12.2 Å². The molecule has 0 spiro atoms. The fraction of sp³-hybridized carbons (Fsp3) is 0.526. The highest BCUT2D eigenvalue weighted by atomic mass is 16.6. The largest absolute Gasteiger partial charge is 0.497 e. The first-order valence-electron chi connectivity index (χ1n) is 9.42. The molecule has 4 atom stereocenters. The molecule has 0 aromatic heterocycles. The van der Waals surface area contributed by atoms with Crippen molar-refractivity contribution in [3.8, 4) is 5.75 Å². The van der Waals surface area contributed by atoms with Gasteiger partial charge in [0.25, 0.3) is 5.91 Å². The number of methoxy groups -OCH3 is 1. The van der Waals surface area contributed by atoms with E-state index in [0.29, 0.717) is 17.7 Å². The van der Waals surface area contributed by atoms with Gasteiger partial charge < -0.3 is 19.5 Å². The molecule has 9 heteroatoms. The van der Waals surface area contributed by atoms with Gasteiger partial charge in [0.05, 0.1) is 38.4 Å². The molecule has 1 saturated heterocycles. The molecule has 1 aromatic rings. The maximum atomic E-state index is 12.7. The molecule has 1 aliphatic carbocycles. The van der Waals surface area contributed by atoms with E-state index >= 15 is 0 Å². The first-order valence-corrected chi connectivity index (χ1v) is 9.42. The normalized spacial score (nSPS) is 27.0. The summed E-state index contributed by atoms with van der Waals surface area (Å²) in [5, 5.41) is 5.67. The molecule has 2 aliphatic heterocycles. The Balaban J connectivity index is 1.76. The summed E-state index contributed by atoms with van der Waals surface area (Å²) in [5.41, 5.74) is 1.37. The molecule has 1 saturated carbocycles. The minimum absolute atomic E-state index is 0.164. The van der Waals surface area contributed by atoms with Crippen LogP contribution in [0.1, 0.15) is 42.1 Å². The maximum absolute atomic E-state index is 12.7. The van der Waals surface area contributed by atoms with Crippen molar-refractivity contribution in [2.75, 3.05) is 20.3 Å². The van der Waals surface area contributed by atoms with Crippen LogP contribution in [0.5, 0.6) is 5.75 Å². The summed E-state index contributed by atoms with van der Waals surface area (Å²) >= 11 is 0. The highest BCUT2D eigenvalue weighted by Crippen LogP contribution is 2.50. The first kappa shape index (κ1) is 18.4.